The highest BCUT2D eigenvalue weighted by atomic mass is 35.5. The van der Waals surface area contributed by atoms with Gasteiger partial charge in [-0.15, -0.1) is 11.3 Å². The molecule has 0 spiro atoms. The summed E-state index contributed by atoms with van der Waals surface area (Å²) >= 11 is 20.2. The number of ether oxygens (including phenoxy) is 4. The smallest absolute Gasteiger partial charge is 0.212 e. The zero-order valence-corrected chi connectivity index (χ0v) is 20.7. The second-order valence-corrected chi connectivity index (χ2v) is 9.48. The molecular weight excluding hydrogens is 535 g/mol. The molecule has 0 radical (unpaired) electrons. The molecular formula is C18H17Cl3N6O4S2. The summed E-state index contributed by atoms with van der Waals surface area (Å²) in [7, 11) is 0. The topological polar surface area (TPSA) is 109 Å². The SMILES string of the molecule is Clc1nc(-n2cccn2)sc1C1OCCO1.Clc1nc(Cl)c(C2OCCO2)s1.c1cn[nH]c1. The number of aromatic amines is 1. The molecule has 1 N–H and O–H groups in total. The van der Waals surface area contributed by atoms with E-state index in [0.717, 1.165) is 9.75 Å². The number of rotatable bonds is 3. The number of thiazole rings is 2. The first-order valence-electron chi connectivity index (χ1n) is 9.50. The molecule has 2 fully saturated rings. The van der Waals surface area contributed by atoms with Crippen molar-refractivity contribution in [3.05, 3.63) is 61.4 Å². The maximum atomic E-state index is 6.04. The fraction of sp³-hybridized carbons (Fsp3) is 0.333. The van der Waals surface area contributed by atoms with Crippen molar-refractivity contribution in [2.45, 2.75) is 12.6 Å². The lowest BCUT2D eigenvalue weighted by Crippen LogP contribution is -1.95. The van der Waals surface area contributed by atoms with Crippen LogP contribution in [0.1, 0.15) is 22.3 Å². The molecule has 6 rings (SSSR count). The molecule has 0 aliphatic carbocycles. The van der Waals surface area contributed by atoms with Crippen molar-refractivity contribution in [3.8, 4) is 5.13 Å². The van der Waals surface area contributed by atoms with Crippen LogP contribution in [0.4, 0.5) is 0 Å². The molecule has 33 heavy (non-hydrogen) atoms. The predicted molar refractivity (Wildman–Crippen MR) is 124 cm³/mol. The number of aromatic nitrogens is 6. The maximum absolute atomic E-state index is 6.04. The van der Waals surface area contributed by atoms with Gasteiger partial charge in [0.25, 0.3) is 0 Å². The Morgan fingerprint density at radius 3 is 1.94 bits per heavy atom. The van der Waals surface area contributed by atoms with Gasteiger partial charge in [-0.25, -0.2) is 14.6 Å². The number of nitrogens with one attached hydrogen (secondary N) is 1. The third kappa shape index (κ3) is 6.72. The Hall–Kier alpha value is -1.61. The van der Waals surface area contributed by atoms with Crippen molar-refractivity contribution in [3.63, 3.8) is 0 Å². The van der Waals surface area contributed by atoms with Crippen molar-refractivity contribution in [1.82, 2.24) is 29.9 Å². The average molecular weight is 552 g/mol. The van der Waals surface area contributed by atoms with Crippen molar-refractivity contribution in [1.29, 1.82) is 0 Å². The summed E-state index contributed by atoms with van der Waals surface area (Å²) in [5.74, 6) is 0. The highest BCUT2D eigenvalue weighted by Gasteiger charge is 2.25. The van der Waals surface area contributed by atoms with Gasteiger partial charge in [-0.2, -0.15) is 10.2 Å². The molecule has 0 atom stereocenters. The van der Waals surface area contributed by atoms with Crippen LogP contribution in [0.5, 0.6) is 0 Å². The fourth-order valence-electron chi connectivity index (χ4n) is 2.60. The highest BCUT2D eigenvalue weighted by Crippen LogP contribution is 2.36. The third-order valence-corrected chi connectivity index (χ3v) is 7.01. The van der Waals surface area contributed by atoms with E-state index in [9.17, 15) is 0 Å². The van der Waals surface area contributed by atoms with Gasteiger partial charge in [0.2, 0.25) is 5.13 Å². The minimum absolute atomic E-state index is 0.372. The van der Waals surface area contributed by atoms with E-state index in [1.165, 1.54) is 22.7 Å². The second-order valence-electron chi connectivity index (χ2n) is 6.14. The molecule has 176 valence electrons. The zero-order chi connectivity index (χ0) is 23.0. The lowest BCUT2D eigenvalue weighted by molar-refractivity contribution is -0.0416. The first-order chi connectivity index (χ1) is 16.1. The maximum Gasteiger partial charge on any atom is 0.212 e. The Morgan fingerprint density at radius 2 is 1.48 bits per heavy atom. The minimum atomic E-state index is -0.380. The van der Waals surface area contributed by atoms with Gasteiger partial charge in [-0.05, 0) is 12.1 Å². The molecule has 6 heterocycles. The first kappa shape index (κ1) is 24.5. The molecule has 4 aromatic rings. The Balaban J connectivity index is 0.000000134. The van der Waals surface area contributed by atoms with E-state index >= 15 is 0 Å². The van der Waals surface area contributed by atoms with Gasteiger partial charge in [0.1, 0.15) is 14.9 Å². The summed E-state index contributed by atoms with van der Waals surface area (Å²) in [6.07, 6.45) is 6.21. The van der Waals surface area contributed by atoms with Gasteiger partial charge in [0, 0.05) is 24.8 Å². The molecule has 2 saturated heterocycles. The van der Waals surface area contributed by atoms with Crippen molar-refractivity contribution in [2.24, 2.45) is 0 Å². The van der Waals surface area contributed by atoms with E-state index in [4.69, 9.17) is 53.8 Å². The van der Waals surface area contributed by atoms with E-state index in [0.29, 0.717) is 46.3 Å². The number of H-pyrrole nitrogens is 1. The Kier molecular flexibility index (Phi) is 9.06. The molecule has 10 nitrogen and oxygen atoms in total. The Labute approximate surface area is 211 Å². The average Bonchev–Trinajstić information content (AvgIpc) is 3.65. The van der Waals surface area contributed by atoms with E-state index < -0.39 is 0 Å². The van der Waals surface area contributed by atoms with Crippen LogP contribution < -0.4 is 0 Å². The summed E-state index contributed by atoms with van der Waals surface area (Å²) < 4.78 is 23.3. The normalized spacial score (nSPS) is 16.3. The highest BCUT2D eigenvalue weighted by molar-refractivity contribution is 7.16. The van der Waals surface area contributed by atoms with Crippen LogP contribution in [0, 0.1) is 0 Å². The fourth-order valence-corrected chi connectivity index (χ4v) is 5.23. The molecule has 2 aliphatic rings. The molecule has 0 aromatic carbocycles. The Morgan fingerprint density at radius 1 is 0.848 bits per heavy atom. The quantitative estimate of drug-likeness (QED) is 0.382. The second kappa shape index (κ2) is 12.2. The molecule has 4 aromatic heterocycles. The van der Waals surface area contributed by atoms with Crippen LogP contribution >= 0.6 is 57.5 Å². The number of nitrogens with zero attached hydrogens (tertiary/aromatic N) is 5. The van der Waals surface area contributed by atoms with E-state index in [-0.39, 0.29) is 12.6 Å². The van der Waals surface area contributed by atoms with Crippen molar-refractivity contribution < 1.29 is 18.9 Å². The minimum Gasteiger partial charge on any atom is -0.345 e. The van der Waals surface area contributed by atoms with Gasteiger partial charge in [-0.1, -0.05) is 46.1 Å². The summed E-state index contributed by atoms with van der Waals surface area (Å²) in [6.45, 7) is 2.37. The van der Waals surface area contributed by atoms with Crippen LogP contribution in [-0.4, -0.2) is 56.4 Å². The summed E-state index contributed by atoms with van der Waals surface area (Å²) in [5, 5.41) is 11.8. The zero-order valence-electron chi connectivity index (χ0n) is 16.8. The van der Waals surface area contributed by atoms with Gasteiger partial charge in [0.05, 0.1) is 26.4 Å². The van der Waals surface area contributed by atoms with E-state index in [2.05, 4.69) is 25.3 Å². The number of halogens is 3. The van der Waals surface area contributed by atoms with Gasteiger partial charge >= 0.3 is 0 Å². The van der Waals surface area contributed by atoms with Crippen LogP contribution in [0.25, 0.3) is 5.13 Å². The summed E-state index contributed by atoms with van der Waals surface area (Å²) in [5.41, 5.74) is 0. The Bertz CT molecular complexity index is 1080. The lowest BCUT2D eigenvalue weighted by atomic mass is 10.5. The van der Waals surface area contributed by atoms with Crippen molar-refractivity contribution in [2.75, 3.05) is 26.4 Å². The van der Waals surface area contributed by atoms with Crippen LogP contribution in [-0.2, 0) is 18.9 Å². The van der Waals surface area contributed by atoms with Crippen molar-refractivity contribution >= 4 is 57.5 Å². The summed E-state index contributed by atoms with van der Waals surface area (Å²) in [6, 6.07) is 3.66. The largest absolute Gasteiger partial charge is 0.345 e. The van der Waals surface area contributed by atoms with Crippen LogP contribution in [0.15, 0.2) is 36.9 Å². The molecule has 0 saturated carbocycles. The molecule has 15 heteroatoms. The number of hydrogen-bond donors (Lipinski definition) is 1. The van der Waals surface area contributed by atoms with Crippen LogP contribution in [0.3, 0.4) is 0 Å². The monoisotopic (exact) mass is 550 g/mol. The predicted octanol–water partition coefficient (Wildman–Crippen LogP) is 4.93. The molecule has 2 aliphatic heterocycles. The van der Waals surface area contributed by atoms with E-state index in [1.807, 2.05) is 18.3 Å². The molecule has 0 amide bonds. The lowest BCUT2D eigenvalue weighted by Gasteiger charge is -2.04. The first-order valence-corrected chi connectivity index (χ1v) is 12.3. The van der Waals surface area contributed by atoms with Gasteiger partial charge < -0.3 is 18.9 Å². The standard InChI is InChI=1S/C9H8ClN3O2S.C6H5Cl2NO2S.C3H4N2/c10-7-6(8-14-4-5-15-8)16-9(12-7)13-3-1-2-11-13;7-4-3(12-6(8)9-4)5-10-1-2-11-5;1-2-4-5-3-1/h1-3,8H,4-5H2;5H,1-2H2;1-3H,(H,4,5). The molecule has 0 bridgehead atoms. The molecule has 0 unspecified atom stereocenters. The van der Waals surface area contributed by atoms with Crippen LogP contribution in [0.2, 0.25) is 14.8 Å². The van der Waals surface area contributed by atoms with E-state index in [1.54, 1.807) is 23.3 Å². The van der Waals surface area contributed by atoms with Gasteiger partial charge in [0.15, 0.2) is 22.2 Å². The number of hydrogen-bond acceptors (Lipinski definition) is 10. The summed E-state index contributed by atoms with van der Waals surface area (Å²) in [4.78, 5) is 9.61. The third-order valence-electron chi connectivity index (χ3n) is 3.96. The van der Waals surface area contributed by atoms with Gasteiger partial charge in [-0.3, -0.25) is 5.10 Å².